The molecule has 6 nitrogen and oxygen atoms in total. The van der Waals surface area contributed by atoms with Crippen LogP contribution >= 0.6 is 11.3 Å². The summed E-state index contributed by atoms with van der Waals surface area (Å²) in [6, 6.07) is 5.17. The molecule has 2 aromatic heterocycles. The second kappa shape index (κ2) is 6.49. The molecule has 138 valence electrons. The van der Waals surface area contributed by atoms with Gasteiger partial charge in [-0.05, 0) is 43.0 Å². The van der Waals surface area contributed by atoms with Crippen LogP contribution in [-0.4, -0.2) is 28.5 Å². The minimum atomic E-state index is -0.152. The van der Waals surface area contributed by atoms with E-state index in [-0.39, 0.29) is 17.9 Å². The van der Waals surface area contributed by atoms with Crippen LogP contribution in [0.5, 0.6) is 11.5 Å². The van der Waals surface area contributed by atoms with E-state index in [1.165, 1.54) is 15.8 Å². The van der Waals surface area contributed by atoms with E-state index < -0.39 is 0 Å². The van der Waals surface area contributed by atoms with Crippen LogP contribution in [-0.2, 0) is 19.4 Å². The van der Waals surface area contributed by atoms with Crippen molar-refractivity contribution in [1.82, 2.24) is 9.55 Å². The molecule has 1 aliphatic carbocycles. The molecule has 1 aromatic carbocycles. The van der Waals surface area contributed by atoms with Crippen molar-refractivity contribution in [2.45, 2.75) is 32.2 Å². The van der Waals surface area contributed by atoms with Crippen molar-refractivity contribution in [3.8, 4) is 11.5 Å². The number of carbonyl (C=O) groups is 1. The molecule has 5 rings (SSSR count). The van der Waals surface area contributed by atoms with Crippen LogP contribution in [0.3, 0.4) is 0 Å². The van der Waals surface area contributed by atoms with E-state index in [2.05, 4.69) is 4.98 Å². The molecule has 3 aromatic rings. The number of benzene rings is 1. The fourth-order valence-corrected chi connectivity index (χ4v) is 4.93. The van der Waals surface area contributed by atoms with Gasteiger partial charge < -0.3 is 9.47 Å². The zero-order valence-corrected chi connectivity index (χ0v) is 15.5. The normalized spacial score (nSPS) is 15.6. The first-order chi connectivity index (χ1) is 13.2. The van der Waals surface area contributed by atoms with Crippen molar-refractivity contribution in [2.75, 3.05) is 13.2 Å². The van der Waals surface area contributed by atoms with Gasteiger partial charge in [-0.15, -0.1) is 11.3 Å². The van der Waals surface area contributed by atoms with Crippen molar-refractivity contribution in [3.05, 3.63) is 50.9 Å². The summed E-state index contributed by atoms with van der Waals surface area (Å²) in [5.41, 5.74) is 1.51. The zero-order chi connectivity index (χ0) is 18.4. The monoisotopic (exact) mass is 382 g/mol. The molecule has 0 N–H and O–H groups in total. The molecular formula is C20H18N2O4S. The van der Waals surface area contributed by atoms with E-state index in [9.17, 15) is 9.59 Å². The fraction of sp³-hybridized carbons (Fsp3) is 0.350. The van der Waals surface area contributed by atoms with E-state index in [1.807, 2.05) is 0 Å². The third-order valence-corrected chi connectivity index (χ3v) is 6.28. The molecule has 27 heavy (non-hydrogen) atoms. The van der Waals surface area contributed by atoms with Crippen LogP contribution < -0.4 is 15.0 Å². The van der Waals surface area contributed by atoms with E-state index in [4.69, 9.17) is 9.47 Å². The number of fused-ring (bicyclic) bond motifs is 4. The van der Waals surface area contributed by atoms with Gasteiger partial charge in [0, 0.05) is 16.9 Å². The van der Waals surface area contributed by atoms with Gasteiger partial charge in [0.2, 0.25) is 0 Å². The molecule has 0 radical (unpaired) electrons. The smallest absolute Gasteiger partial charge is 0.262 e. The van der Waals surface area contributed by atoms with Crippen LogP contribution in [0.15, 0.2) is 29.3 Å². The highest BCUT2D eigenvalue weighted by Gasteiger charge is 2.22. The molecule has 3 heterocycles. The lowest BCUT2D eigenvalue weighted by Crippen LogP contribution is -2.24. The highest BCUT2D eigenvalue weighted by Crippen LogP contribution is 2.34. The van der Waals surface area contributed by atoms with E-state index in [0.717, 1.165) is 36.1 Å². The van der Waals surface area contributed by atoms with E-state index in [0.29, 0.717) is 35.7 Å². The summed E-state index contributed by atoms with van der Waals surface area (Å²) >= 11 is 1.60. The number of aryl methyl sites for hydroxylation is 2. The van der Waals surface area contributed by atoms with E-state index >= 15 is 0 Å². The molecule has 0 amide bonds. The minimum absolute atomic E-state index is 0.0357. The van der Waals surface area contributed by atoms with Crippen LogP contribution in [0.1, 0.15) is 33.6 Å². The molecule has 2 aliphatic rings. The lowest BCUT2D eigenvalue weighted by Gasteiger charge is -2.09. The number of thiophene rings is 1. The number of hydrogen-bond donors (Lipinski definition) is 0. The average Bonchev–Trinajstić information content (AvgIpc) is 3.17. The first-order valence-electron chi connectivity index (χ1n) is 9.13. The molecule has 1 aliphatic heterocycles. The van der Waals surface area contributed by atoms with Crippen molar-refractivity contribution in [2.24, 2.45) is 0 Å². The molecule has 0 atom stereocenters. The summed E-state index contributed by atoms with van der Waals surface area (Å²) in [6.45, 7) is 1.13. The first-order valence-corrected chi connectivity index (χ1v) is 9.95. The minimum Gasteiger partial charge on any atom is -0.490 e. The summed E-state index contributed by atoms with van der Waals surface area (Å²) < 4.78 is 12.7. The SMILES string of the molecule is O=C(Cn1cnc2sc3c(c2c1=O)CCC3)c1ccc2c(c1)OCCCO2. The van der Waals surface area contributed by atoms with Crippen LogP contribution in [0, 0.1) is 0 Å². The Hall–Kier alpha value is -2.67. The van der Waals surface area contributed by atoms with Crippen molar-refractivity contribution >= 4 is 27.3 Å². The third-order valence-electron chi connectivity index (χ3n) is 5.08. The Morgan fingerprint density at radius 3 is 2.89 bits per heavy atom. The highest BCUT2D eigenvalue weighted by molar-refractivity contribution is 7.18. The molecule has 7 heteroatoms. The summed E-state index contributed by atoms with van der Waals surface area (Å²) in [4.78, 5) is 32.2. The van der Waals surface area contributed by atoms with Gasteiger partial charge in [-0.2, -0.15) is 0 Å². The number of Topliss-reactive ketones (excluding diaryl/α,β-unsaturated/α-hetero) is 1. The Bertz CT molecular complexity index is 1120. The molecule has 0 spiro atoms. The molecule has 0 bridgehead atoms. The number of hydrogen-bond acceptors (Lipinski definition) is 6. The molecule has 0 saturated heterocycles. The quantitative estimate of drug-likeness (QED) is 0.652. The number of ketones is 1. The van der Waals surface area contributed by atoms with Crippen molar-refractivity contribution < 1.29 is 14.3 Å². The van der Waals surface area contributed by atoms with Crippen LogP contribution in [0.25, 0.3) is 10.2 Å². The number of aromatic nitrogens is 2. The molecular weight excluding hydrogens is 364 g/mol. The predicted octanol–water partition coefficient (Wildman–Crippen LogP) is 2.99. The summed E-state index contributed by atoms with van der Waals surface area (Å²) in [6.07, 6.45) is 5.32. The van der Waals surface area contributed by atoms with Gasteiger partial charge in [-0.25, -0.2) is 4.98 Å². The topological polar surface area (TPSA) is 70.4 Å². The molecule has 0 saturated carbocycles. The Morgan fingerprint density at radius 2 is 2.00 bits per heavy atom. The summed E-state index contributed by atoms with van der Waals surface area (Å²) in [5, 5.41) is 0.696. The third kappa shape index (κ3) is 2.82. The Labute approximate surface area is 159 Å². The van der Waals surface area contributed by atoms with Crippen LogP contribution in [0.2, 0.25) is 0 Å². The Kier molecular flexibility index (Phi) is 3.97. The number of carbonyl (C=O) groups excluding carboxylic acids is 1. The van der Waals surface area contributed by atoms with Gasteiger partial charge in [-0.1, -0.05) is 0 Å². The molecule has 0 unspecified atom stereocenters. The summed E-state index contributed by atoms with van der Waals surface area (Å²) in [7, 11) is 0. The number of nitrogens with zero attached hydrogens (tertiary/aromatic N) is 2. The largest absolute Gasteiger partial charge is 0.490 e. The van der Waals surface area contributed by atoms with Crippen molar-refractivity contribution in [3.63, 3.8) is 0 Å². The lowest BCUT2D eigenvalue weighted by atomic mass is 10.1. The maximum Gasteiger partial charge on any atom is 0.262 e. The zero-order valence-electron chi connectivity index (χ0n) is 14.7. The van der Waals surface area contributed by atoms with Gasteiger partial charge in [-0.3, -0.25) is 14.2 Å². The number of rotatable bonds is 3. The van der Waals surface area contributed by atoms with Gasteiger partial charge >= 0.3 is 0 Å². The summed E-state index contributed by atoms with van der Waals surface area (Å²) in [5.74, 6) is 1.08. The molecule has 0 fully saturated rings. The van der Waals surface area contributed by atoms with Crippen LogP contribution in [0.4, 0.5) is 0 Å². The predicted molar refractivity (Wildman–Crippen MR) is 102 cm³/mol. The van der Waals surface area contributed by atoms with Crippen molar-refractivity contribution in [1.29, 1.82) is 0 Å². The van der Waals surface area contributed by atoms with Gasteiger partial charge in [0.15, 0.2) is 17.3 Å². The Balaban J connectivity index is 1.47. The van der Waals surface area contributed by atoms with E-state index in [1.54, 1.807) is 29.5 Å². The number of ether oxygens (including phenoxy) is 2. The van der Waals surface area contributed by atoms with Gasteiger partial charge in [0.05, 0.1) is 31.5 Å². The fourth-order valence-electron chi connectivity index (χ4n) is 3.71. The Morgan fingerprint density at radius 1 is 1.15 bits per heavy atom. The highest BCUT2D eigenvalue weighted by atomic mass is 32.1. The maximum atomic E-state index is 12.9. The second-order valence-electron chi connectivity index (χ2n) is 6.85. The lowest BCUT2D eigenvalue weighted by molar-refractivity contribution is 0.0970. The van der Waals surface area contributed by atoms with Gasteiger partial charge in [0.1, 0.15) is 4.83 Å². The average molecular weight is 382 g/mol. The first kappa shape index (κ1) is 16.5. The van der Waals surface area contributed by atoms with Gasteiger partial charge in [0.25, 0.3) is 5.56 Å². The standard InChI is InChI=1S/C20H18N2O4S/c23-14(12-5-6-15-16(9-12)26-8-2-7-25-15)10-22-11-21-19-18(20(22)24)13-3-1-4-17(13)27-19/h5-6,9,11H,1-4,7-8,10H2. The second-order valence-corrected chi connectivity index (χ2v) is 7.93. The maximum absolute atomic E-state index is 12.9.